The van der Waals surface area contributed by atoms with E-state index in [1.807, 2.05) is 6.92 Å². The van der Waals surface area contributed by atoms with Crippen molar-refractivity contribution >= 4 is 15.9 Å². The number of halogens is 2. The first-order valence-electron chi connectivity index (χ1n) is 4.48. The summed E-state index contributed by atoms with van der Waals surface area (Å²) in [6.45, 7) is 2.65. The van der Waals surface area contributed by atoms with Crippen LogP contribution in [-0.4, -0.2) is 18.3 Å². The second-order valence-electron chi connectivity index (χ2n) is 2.97. The zero-order chi connectivity index (χ0) is 10.6. The van der Waals surface area contributed by atoms with Crippen molar-refractivity contribution in [3.05, 3.63) is 34.1 Å². The van der Waals surface area contributed by atoms with Gasteiger partial charge in [-0.05, 0) is 40.2 Å². The topological polar surface area (TPSA) is 32.3 Å². The summed E-state index contributed by atoms with van der Waals surface area (Å²) in [6, 6.07) is 4.66. The molecule has 1 rings (SSSR count). The van der Waals surface area contributed by atoms with E-state index < -0.39 is 0 Å². The van der Waals surface area contributed by atoms with Crippen LogP contribution < -0.4 is 5.32 Å². The molecule has 0 aliphatic rings. The molecular weight excluding hydrogens is 249 g/mol. The van der Waals surface area contributed by atoms with Crippen molar-refractivity contribution in [3.8, 4) is 0 Å². The first-order valence-corrected chi connectivity index (χ1v) is 5.27. The highest BCUT2D eigenvalue weighted by molar-refractivity contribution is 9.10. The largest absolute Gasteiger partial charge is 0.394 e. The van der Waals surface area contributed by atoms with Crippen molar-refractivity contribution in [2.24, 2.45) is 0 Å². The molecule has 0 saturated heterocycles. The van der Waals surface area contributed by atoms with Gasteiger partial charge < -0.3 is 10.4 Å². The average Bonchev–Trinajstić information content (AvgIpc) is 2.19. The van der Waals surface area contributed by atoms with Crippen molar-refractivity contribution in [2.45, 2.75) is 13.0 Å². The lowest BCUT2D eigenvalue weighted by Crippen LogP contribution is -2.24. The second-order valence-corrected chi connectivity index (χ2v) is 3.82. The highest BCUT2D eigenvalue weighted by Gasteiger charge is 2.10. The minimum absolute atomic E-state index is 0.0328. The summed E-state index contributed by atoms with van der Waals surface area (Å²) in [6.07, 6.45) is 0. The maximum Gasteiger partial charge on any atom is 0.137 e. The minimum Gasteiger partial charge on any atom is -0.394 e. The van der Waals surface area contributed by atoms with E-state index in [1.165, 1.54) is 6.07 Å². The number of aliphatic hydroxyl groups is 1. The van der Waals surface area contributed by atoms with Crippen LogP contribution in [0, 0.1) is 5.82 Å². The van der Waals surface area contributed by atoms with E-state index in [1.54, 1.807) is 12.1 Å². The monoisotopic (exact) mass is 261 g/mol. The van der Waals surface area contributed by atoms with Crippen LogP contribution in [0.4, 0.5) is 4.39 Å². The summed E-state index contributed by atoms with van der Waals surface area (Å²) in [5.74, 6) is -0.307. The van der Waals surface area contributed by atoms with Crippen LogP contribution >= 0.6 is 15.9 Å². The third-order valence-electron chi connectivity index (χ3n) is 1.98. The molecule has 0 bridgehead atoms. The van der Waals surface area contributed by atoms with Gasteiger partial charge in [-0.25, -0.2) is 4.39 Å². The molecule has 0 heterocycles. The highest BCUT2D eigenvalue weighted by atomic mass is 79.9. The highest BCUT2D eigenvalue weighted by Crippen LogP contribution is 2.20. The van der Waals surface area contributed by atoms with Gasteiger partial charge in [0, 0.05) is 0 Å². The van der Waals surface area contributed by atoms with Crippen LogP contribution in [0.3, 0.4) is 0 Å². The third-order valence-corrected chi connectivity index (χ3v) is 2.62. The van der Waals surface area contributed by atoms with Gasteiger partial charge in [0.05, 0.1) is 17.1 Å². The maximum atomic E-state index is 13.2. The Labute approximate surface area is 91.3 Å². The van der Waals surface area contributed by atoms with Crippen molar-refractivity contribution < 1.29 is 9.50 Å². The summed E-state index contributed by atoms with van der Waals surface area (Å²) >= 11 is 3.08. The number of hydrogen-bond donors (Lipinski definition) is 2. The molecule has 78 valence electrons. The number of aliphatic hydroxyl groups excluding tert-OH is 1. The molecule has 4 heteroatoms. The van der Waals surface area contributed by atoms with Crippen LogP contribution in [0.15, 0.2) is 22.7 Å². The lowest BCUT2D eigenvalue weighted by atomic mass is 10.1. The number of hydrogen-bond acceptors (Lipinski definition) is 2. The lowest BCUT2D eigenvalue weighted by Gasteiger charge is -2.15. The number of benzene rings is 1. The molecule has 1 unspecified atom stereocenters. The summed E-state index contributed by atoms with van der Waals surface area (Å²) in [4.78, 5) is 0. The number of nitrogens with one attached hydrogen (secondary N) is 1. The Kier molecular flexibility index (Phi) is 4.51. The summed E-state index contributed by atoms with van der Waals surface area (Å²) in [5, 5.41) is 12.1. The zero-order valence-electron chi connectivity index (χ0n) is 7.93. The van der Waals surface area contributed by atoms with E-state index in [-0.39, 0.29) is 18.5 Å². The van der Waals surface area contributed by atoms with Crippen molar-refractivity contribution in [1.29, 1.82) is 0 Å². The zero-order valence-corrected chi connectivity index (χ0v) is 9.51. The Bertz CT molecular complexity index is 306. The fourth-order valence-corrected chi connectivity index (χ4v) is 1.51. The number of rotatable bonds is 4. The fraction of sp³-hybridized carbons (Fsp3) is 0.400. The Morgan fingerprint density at radius 1 is 1.57 bits per heavy atom. The van der Waals surface area contributed by atoms with Gasteiger partial charge in [-0.1, -0.05) is 13.0 Å². The molecule has 2 N–H and O–H groups in total. The summed E-state index contributed by atoms with van der Waals surface area (Å²) < 4.78 is 13.6. The molecule has 0 spiro atoms. The maximum absolute atomic E-state index is 13.2. The Morgan fingerprint density at radius 3 is 2.79 bits per heavy atom. The first-order chi connectivity index (χ1) is 6.69. The molecule has 14 heavy (non-hydrogen) atoms. The van der Waals surface area contributed by atoms with Gasteiger partial charge in [0.15, 0.2) is 0 Å². The van der Waals surface area contributed by atoms with Crippen LogP contribution in [0.1, 0.15) is 18.5 Å². The van der Waals surface area contributed by atoms with E-state index in [0.717, 1.165) is 12.1 Å². The molecular formula is C10H13BrFNO. The standard InChI is InChI=1S/C10H13BrFNO/c1-2-13-10(6-14)7-3-4-8(11)9(12)5-7/h3-5,10,13-14H,2,6H2,1H3. The molecule has 0 radical (unpaired) electrons. The second kappa shape index (κ2) is 5.44. The Morgan fingerprint density at radius 2 is 2.29 bits per heavy atom. The normalized spacial score (nSPS) is 12.9. The van der Waals surface area contributed by atoms with Crippen LogP contribution in [0.2, 0.25) is 0 Å². The predicted molar refractivity (Wildman–Crippen MR) is 57.6 cm³/mol. The third kappa shape index (κ3) is 2.77. The van der Waals surface area contributed by atoms with Gasteiger partial charge in [-0.3, -0.25) is 0 Å². The molecule has 2 nitrogen and oxygen atoms in total. The van der Waals surface area contributed by atoms with Crippen molar-refractivity contribution in [3.63, 3.8) is 0 Å². The van der Waals surface area contributed by atoms with Gasteiger partial charge in [-0.15, -0.1) is 0 Å². The predicted octanol–water partition coefficient (Wildman–Crippen LogP) is 2.23. The van der Waals surface area contributed by atoms with E-state index in [9.17, 15) is 4.39 Å². The molecule has 1 aromatic rings. The lowest BCUT2D eigenvalue weighted by molar-refractivity contribution is 0.246. The van der Waals surface area contributed by atoms with Crippen LogP contribution in [0.5, 0.6) is 0 Å². The van der Waals surface area contributed by atoms with Gasteiger partial charge in [0.2, 0.25) is 0 Å². The molecule has 1 atom stereocenters. The molecule has 0 saturated carbocycles. The fourth-order valence-electron chi connectivity index (χ4n) is 1.26. The van der Waals surface area contributed by atoms with E-state index in [2.05, 4.69) is 21.2 Å². The molecule has 0 amide bonds. The Hall–Kier alpha value is -0.450. The quantitative estimate of drug-likeness (QED) is 0.872. The molecule has 1 aromatic carbocycles. The molecule has 0 aliphatic carbocycles. The molecule has 0 aliphatic heterocycles. The van der Waals surface area contributed by atoms with Gasteiger partial charge in [0.1, 0.15) is 5.82 Å². The first kappa shape index (κ1) is 11.6. The average molecular weight is 262 g/mol. The minimum atomic E-state index is -0.307. The van der Waals surface area contributed by atoms with E-state index in [4.69, 9.17) is 5.11 Å². The summed E-state index contributed by atoms with van der Waals surface area (Å²) in [7, 11) is 0. The smallest absolute Gasteiger partial charge is 0.137 e. The van der Waals surface area contributed by atoms with Crippen LogP contribution in [-0.2, 0) is 0 Å². The van der Waals surface area contributed by atoms with Gasteiger partial charge in [-0.2, -0.15) is 0 Å². The van der Waals surface area contributed by atoms with E-state index >= 15 is 0 Å². The van der Waals surface area contributed by atoms with E-state index in [0.29, 0.717) is 4.47 Å². The SMILES string of the molecule is CCNC(CO)c1ccc(Br)c(F)c1. The molecule has 0 aromatic heterocycles. The van der Waals surface area contributed by atoms with Gasteiger partial charge in [0.25, 0.3) is 0 Å². The Balaban J connectivity index is 2.88. The van der Waals surface area contributed by atoms with Crippen LogP contribution in [0.25, 0.3) is 0 Å². The molecule has 0 fully saturated rings. The van der Waals surface area contributed by atoms with Crippen molar-refractivity contribution in [2.75, 3.05) is 13.2 Å². The van der Waals surface area contributed by atoms with Crippen molar-refractivity contribution in [1.82, 2.24) is 5.32 Å². The number of likely N-dealkylation sites (N-methyl/N-ethyl adjacent to an activating group) is 1. The summed E-state index contributed by atoms with van der Waals surface area (Å²) in [5.41, 5.74) is 0.759. The van der Waals surface area contributed by atoms with Gasteiger partial charge >= 0.3 is 0 Å².